The molecule has 4 nitrogen and oxygen atoms in total. The molecule has 1 saturated heterocycles. The molecular weight excluding hydrogens is 257 g/mol. The van der Waals surface area contributed by atoms with Gasteiger partial charge in [-0.2, -0.15) is 0 Å². The van der Waals surface area contributed by atoms with Crippen molar-refractivity contribution in [2.24, 2.45) is 10.7 Å². The Hall–Kier alpha value is -1.78. The van der Waals surface area contributed by atoms with Crippen LogP contribution in [0.25, 0.3) is 0 Å². The van der Waals surface area contributed by atoms with Crippen LogP contribution in [0.1, 0.15) is 25.7 Å². The molecule has 1 aromatic carbocycles. The monoisotopic (exact) mass is 279 g/mol. The number of ether oxygens (including phenoxy) is 1. The molecule has 1 aliphatic heterocycles. The summed E-state index contributed by atoms with van der Waals surface area (Å²) in [6.07, 6.45) is 4.48. The summed E-state index contributed by atoms with van der Waals surface area (Å²) in [6.45, 7) is 3.24. The summed E-state index contributed by atoms with van der Waals surface area (Å²) in [5, 5.41) is 0. The second-order valence-corrected chi connectivity index (χ2v) is 4.94. The van der Waals surface area contributed by atoms with Gasteiger partial charge in [-0.1, -0.05) is 0 Å². The topological polar surface area (TPSA) is 50.9 Å². The quantitative estimate of drug-likeness (QED) is 0.511. The fourth-order valence-electron chi connectivity index (χ4n) is 2.20. The second kappa shape index (κ2) is 7.72. The van der Waals surface area contributed by atoms with Crippen molar-refractivity contribution < 1.29 is 9.13 Å². The molecule has 5 heteroatoms. The first-order valence-electron chi connectivity index (χ1n) is 7.19. The van der Waals surface area contributed by atoms with Crippen molar-refractivity contribution in [1.29, 1.82) is 0 Å². The van der Waals surface area contributed by atoms with Gasteiger partial charge in [0.1, 0.15) is 11.6 Å². The Morgan fingerprint density at radius 1 is 1.20 bits per heavy atom. The normalized spacial score (nSPS) is 16.2. The molecule has 0 amide bonds. The van der Waals surface area contributed by atoms with Gasteiger partial charge in [-0.15, -0.1) is 0 Å². The minimum atomic E-state index is -0.253. The molecule has 0 aliphatic carbocycles. The minimum absolute atomic E-state index is 0.253. The van der Waals surface area contributed by atoms with Gasteiger partial charge in [0.05, 0.1) is 6.61 Å². The van der Waals surface area contributed by atoms with Crippen molar-refractivity contribution in [2.45, 2.75) is 25.7 Å². The number of guanidine groups is 1. The predicted molar refractivity (Wildman–Crippen MR) is 78.4 cm³/mol. The lowest BCUT2D eigenvalue weighted by atomic mass is 10.1. The first-order valence-corrected chi connectivity index (χ1v) is 7.19. The highest BCUT2D eigenvalue weighted by atomic mass is 19.1. The summed E-state index contributed by atoms with van der Waals surface area (Å²) in [4.78, 5) is 6.52. The summed E-state index contributed by atoms with van der Waals surface area (Å²) in [6, 6.07) is 6.03. The maximum atomic E-state index is 12.7. The molecule has 1 fully saturated rings. The van der Waals surface area contributed by atoms with Crippen LogP contribution in [-0.2, 0) is 0 Å². The summed E-state index contributed by atoms with van der Waals surface area (Å²) >= 11 is 0. The lowest BCUT2D eigenvalue weighted by Gasteiger charge is -2.27. The number of benzene rings is 1. The molecule has 0 aromatic heterocycles. The van der Waals surface area contributed by atoms with E-state index < -0.39 is 0 Å². The Labute approximate surface area is 119 Å². The van der Waals surface area contributed by atoms with E-state index in [1.54, 1.807) is 12.1 Å². The fourth-order valence-corrected chi connectivity index (χ4v) is 2.20. The van der Waals surface area contributed by atoms with E-state index in [9.17, 15) is 4.39 Å². The van der Waals surface area contributed by atoms with Crippen molar-refractivity contribution in [3.63, 3.8) is 0 Å². The smallest absolute Gasteiger partial charge is 0.191 e. The SMILES string of the molecule is NC(=NCCCOc1ccc(F)cc1)N1CCCCC1. The van der Waals surface area contributed by atoms with Crippen LogP contribution in [0.2, 0.25) is 0 Å². The van der Waals surface area contributed by atoms with Gasteiger partial charge in [0.2, 0.25) is 0 Å². The molecule has 0 radical (unpaired) electrons. The van der Waals surface area contributed by atoms with Crippen LogP contribution in [0.15, 0.2) is 29.3 Å². The number of nitrogens with zero attached hydrogens (tertiary/aromatic N) is 2. The zero-order valence-electron chi connectivity index (χ0n) is 11.7. The molecule has 20 heavy (non-hydrogen) atoms. The van der Waals surface area contributed by atoms with Gasteiger partial charge in [0.15, 0.2) is 5.96 Å². The van der Waals surface area contributed by atoms with E-state index in [0.717, 1.165) is 19.5 Å². The van der Waals surface area contributed by atoms with Crippen LogP contribution in [0.5, 0.6) is 5.75 Å². The fraction of sp³-hybridized carbons (Fsp3) is 0.533. The third-order valence-corrected chi connectivity index (χ3v) is 3.34. The Morgan fingerprint density at radius 3 is 2.60 bits per heavy atom. The van der Waals surface area contributed by atoms with Crippen LogP contribution in [0.4, 0.5) is 4.39 Å². The number of hydrogen-bond acceptors (Lipinski definition) is 2. The maximum absolute atomic E-state index is 12.7. The van der Waals surface area contributed by atoms with Gasteiger partial charge in [0.25, 0.3) is 0 Å². The average molecular weight is 279 g/mol. The summed E-state index contributed by atoms with van der Waals surface area (Å²) in [7, 11) is 0. The van der Waals surface area contributed by atoms with E-state index in [4.69, 9.17) is 10.5 Å². The van der Waals surface area contributed by atoms with Gasteiger partial charge in [0, 0.05) is 26.1 Å². The van der Waals surface area contributed by atoms with Crippen LogP contribution in [0, 0.1) is 5.82 Å². The number of nitrogens with two attached hydrogens (primary N) is 1. The van der Waals surface area contributed by atoms with Crippen molar-refractivity contribution in [3.8, 4) is 5.75 Å². The van der Waals surface area contributed by atoms with Crippen LogP contribution < -0.4 is 10.5 Å². The molecule has 1 heterocycles. The van der Waals surface area contributed by atoms with E-state index >= 15 is 0 Å². The number of rotatable bonds is 5. The zero-order chi connectivity index (χ0) is 14.2. The Bertz CT molecular complexity index is 427. The van der Waals surface area contributed by atoms with Gasteiger partial charge < -0.3 is 15.4 Å². The number of hydrogen-bond donors (Lipinski definition) is 1. The van der Waals surface area contributed by atoms with Crippen molar-refractivity contribution in [2.75, 3.05) is 26.2 Å². The highest BCUT2D eigenvalue weighted by Crippen LogP contribution is 2.11. The van der Waals surface area contributed by atoms with Crippen LogP contribution in [0.3, 0.4) is 0 Å². The first-order chi connectivity index (χ1) is 9.75. The van der Waals surface area contributed by atoms with Gasteiger partial charge >= 0.3 is 0 Å². The van der Waals surface area contributed by atoms with E-state index in [-0.39, 0.29) is 5.82 Å². The molecule has 0 atom stereocenters. The second-order valence-electron chi connectivity index (χ2n) is 4.94. The highest BCUT2D eigenvalue weighted by Gasteiger charge is 2.11. The number of halogens is 1. The third kappa shape index (κ3) is 4.72. The molecule has 1 aromatic rings. The number of aliphatic imine (C=N–C) groups is 1. The van der Waals surface area contributed by atoms with Gasteiger partial charge in [-0.3, -0.25) is 4.99 Å². The molecule has 110 valence electrons. The minimum Gasteiger partial charge on any atom is -0.494 e. The highest BCUT2D eigenvalue weighted by molar-refractivity contribution is 5.78. The van der Waals surface area contributed by atoms with Crippen LogP contribution >= 0.6 is 0 Å². The lowest BCUT2D eigenvalue weighted by molar-refractivity contribution is 0.311. The van der Waals surface area contributed by atoms with Gasteiger partial charge in [-0.05, 0) is 43.5 Å². The Balaban J connectivity index is 1.64. The largest absolute Gasteiger partial charge is 0.494 e. The zero-order valence-corrected chi connectivity index (χ0v) is 11.7. The molecule has 2 rings (SSSR count). The maximum Gasteiger partial charge on any atom is 0.191 e. The summed E-state index contributed by atoms with van der Waals surface area (Å²) < 4.78 is 18.2. The van der Waals surface area contributed by atoms with E-state index in [0.29, 0.717) is 24.9 Å². The Kier molecular flexibility index (Phi) is 5.65. The number of piperidine rings is 1. The molecule has 0 saturated carbocycles. The molecule has 0 unspecified atom stereocenters. The predicted octanol–water partition coefficient (Wildman–Crippen LogP) is 2.40. The molecule has 0 spiro atoms. The van der Waals surface area contributed by atoms with E-state index in [1.165, 1.54) is 31.4 Å². The third-order valence-electron chi connectivity index (χ3n) is 3.34. The molecular formula is C15H22FN3O. The summed E-state index contributed by atoms with van der Waals surface area (Å²) in [5.41, 5.74) is 5.95. The van der Waals surface area contributed by atoms with E-state index in [1.807, 2.05) is 0 Å². The molecule has 2 N–H and O–H groups in total. The Morgan fingerprint density at radius 2 is 1.90 bits per heavy atom. The summed E-state index contributed by atoms with van der Waals surface area (Å²) in [5.74, 6) is 1.07. The lowest BCUT2D eigenvalue weighted by Crippen LogP contribution is -2.40. The molecule has 1 aliphatic rings. The number of likely N-dealkylation sites (tertiary alicyclic amines) is 1. The van der Waals surface area contributed by atoms with Crippen molar-refractivity contribution >= 4 is 5.96 Å². The van der Waals surface area contributed by atoms with Crippen molar-refractivity contribution in [3.05, 3.63) is 30.1 Å². The standard InChI is InChI=1S/C15H22FN3O/c16-13-5-7-14(8-6-13)20-12-4-9-18-15(17)19-10-2-1-3-11-19/h5-8H,1-4,9-12H2,(H2,17,18). The molecule has 0 bridgehead atoms. The van der Waals surface area contributed by atoms with Crippen molar-refractivity contribution in [1.82, 2.24) is 4.90 Å². The van der Waals surface area contributed by atoms with Gasteiger partial charge in [-0.25, -0.2) is 4.39 Å². The van der Waals surface area contributed by atoms with E-state index in [2.05, 4.69) is 9.89 Å². The average Bonchev–Trinajstić information content (AvgIpc) is 2.49. The first kappa shape index (κ1) is 14.6. The van der Waals surface area contributed by atoms with Crippen LogP contribution in [-0.4, -0.2) is 37.1 Å².